The summed E-state index contributed by atoms with van der Waals surface area (Å²) in [6.07, 6.45) is 0. The minimum atomic E-state index is -0.489. The van der Waals surface area contributed by atoms with Crippen molar-refractivity contribution in [2.45, 2.75) is 0 Å². The van der Waals surface area contributed by atoms with Crippen LogP contribution in [0.25, 0.3) is 0 Å². The van der Waals surface area contributed by atoms with Crippen molar-refractivity contribution in [3.05, 3.63) is 60.2 Å². The highest BCUT2D eigenvalue weighted by Crippen LogP contribution is 2.19. The fourth-order valence-corrected chi connectivity index (χ4v) is 3.11. The summed E-state index contributed by atoms with van der Waals surface area (Å²) in [6, 6.07) is 15.4. The number of hydrogen-bond donors (Lipinski definition) is 1. The monoisotopic (exact) mass is 356 g/mol. The number of rotatable bonds is 5. The second-order valence-electron chi connectivity index (χ2n) is 5.35. The summed E-state index contributed by atoms with van der Waals surface area (Å²) in [5.74, 6) is 0.358. The van der Waals surface area contributed by atoms with Crippen molar-refractivity contribution in [3.63, 3.8) is 0 Å². The molecule has 6 nitrogen and oxygen atoms in total. The van der Waals surface area contributed by atoms with Crippen molar-refractivity contribution < 1.29 is 19.1 Å². The molecule has 1 aliphatic rings. The number of carbonyl (C=O) groups is 3. The average Bonchev–Trinajstić information content (AvgIpc) is 3.02. The highest BCUT2D eigenvalue weighted by Gasteiger charge is 2.24. The minimum absolute atomic E-state index is 0.0572. The van der Waals surface area contributed by atoms with E-state index in [0.29, 0.717) is 29.3 Å². The molecule has 7 heteroatoms. The van der Waals surface area contributed by atoms with Gasteiger partial charge in [-0.05, 0) is 36.4 Å². The van der Waals surface area contributed by atoms with Crippen molar-refractivity contribution >= 4 is 34.6 Å². The highest BCUT2D eigenvalue weighted by atomic mass is 32.2. The molecule has 0 aromatic heterocycles. The largest absolute Gasteiger partial charge is 0.425 e. The Morgan fingerprint density at radius 1 is 1.08 bits per heavy atom. The lowest BCUT2D eigenvalue weighted by Crippen LogP contribution is -2.32. The first kappa shape index (κ1) is 17.0. The van der Waals surface area contributed by atoms with Gasteiger partial charge in [0.25, 0.3) is 11.1 Å². The third-order valence-corrected chi connectivity index (χ3v) is 4.44. The molecule has 0 radical (unpaired) electrons. The third kappa shape index (κ3) is 4.60. The van der Waals surface area contributed by atoms with Crippen LogP contribution in [0.5, 0.6) is 5.75 Å². The molecule has 1 fully saturated rings. The molecule has 2 aromatic rings. The fourth-order valence-electron chi connectivity index (χ4n) is 2.29. The molecule has 0 bridgehead atoms. The van der Waals surface area contributed by atoms with Crippen molar-refractivity contribution in [2.75, 3.05) is 24.2 Å². The van der Waals surface area contributed by atoms with Gasteiger partial charge in [0, 0.05) is 23.5 Å². The Bertz CT molecular complexity index is 777. The Kier molecular flexibility index (Phi) is 5.35. The number of amides is 2. The topological polar surface area (TPSA) is 75.7 Å². The number of esters is 1. The van der Waals surface area contributed by atoms with Crippen LogP contribution in [-0.2, 0) is 4.79 Å². The highest BCUT2D eigenvalue weighted by molar-refractivity contribution is 8.13. The second-order valence-corrected chi connectivity index (χ2v) is 6.40. The first-order chi connectivity index (χ1) is 12.1. The van der Waals surface area contributed by atoms with E-state index < -0.39 is 5.97 Å². The van der Waals surface area contributed by atoms with Gasteiger partial charge in [0.2, 0.25) is 0 Å². The zero-order valence-electron chi connectivity index (χ0n) is 13.3. The van der Waals surface area contributed by atoms with E-state index in [1.165, 1.54) is 16.7 Å². The number of ether oxygens (including phenoxy) is 1. The predicted octanol–water partition coefficient (Wildman–Crippen LogP) is 3.01. The summed E-state index contributed by atoms with van der Waals surface area (Å²) in [6.45, 7) is 0.501. The van der Waals surface area contributed by atoms with Crippen LogP contribution in [0.3, 0.4) is 0 Å². The smallest absolute Gasteiger partial charge is 0.331 e. The van der Waals surface area contributed by atoms with Crippen molar-refractivity contribution in [1.82, 2.24) is 4.90 Å². The molecule has 25 heavy (non-hydrogen) atoms. The zero-order chi connectivity index (χ0) is 17.6. The molecule has 0 spiro atoms. The van der Waals surface area contributed by atoms with Gasteiger partial charge in [-0.1, -0.05) is 30.0 Å². The Morgan fingerprint density at radius 3 is 2.44 bits per heavy atom. The Balaban J connectivity index is 1.54. The second kappa shape index (κ2) is 7.85. The summed E-state index contributed by atoms with van der Waals surface area (Å²) < 4.78 is 5.21. The van der Waals surface area contributed by atoms with Gasteiger partial charge in [-0.25, -0.2) is 4.79 Å². The van der Waals surface area contributed by atoms with E-state index in [9.17, 15) is 14.4 Å². The number of anilines is 1. The Labute approximate surface area is 149 Å². The SMILES string of the molecule is O=C(CN1CCSC1=O)Oc1ccc(NC(=O)c2ccccc2)cc1. The molecule has 3 rings (SSSR count). The van der Waals surface area contributed by atoms with Crippen LogP contribution in [0.1, 0.15) is 10.4 Å². The molecule has 0 unspecified atom stereocenters. The van der Waals surface area contributed by atoms with Crippen LogP contribution < -0.4 is 10.1 Å². The fraction of sp³-hybridized carbons (Fsp3) is 0.167. The van der Waals surface area contributed by atoms with Crippen molar-refractivity contribution in [2.24, 2.45) is 0 Å². The molecular weight excluding hydrogens is 340 g/mol. The predicted molar refractivity (Wildman–Crippen MR) is 95.9 cm³/mol. The van der Waals surface area contributed by atoms with E-state index in [1.807, 2.05) is 6.07 Å². The zero-order valence-corrected chi connectivity index (χ0v) is 14.1. The first-order valence-corrected chi connectivity index (χ1v) is 8.69. The van der Waals surface area contributed by atoms with Gasteiger partial charge >= 0.3 is 5.97 Å². The number of nitrogens with zero attached hydrogens (tertiary/aromatic N) is 1. The van der Waals surface area contributed by atoms with E-state index in [-0.39, 0.29) is 17.7 Å². The Hall–Kier alpha value is -2.80. The van der Waals surface area contributed by atoms with Crippen LogP contribution in [0.2, 0.25) is 0 Å². The summed E-state index contributed by atoms with van der Waals surface area (Å²) in [5.41, 5.74) is 1.16. The number of thioether (sulfide) groups is 1. The Morgan fingerprint density at radius 2 is 1.80 bits per heavy atom. The molecule has 0 aliphatic carbocycles. The minimum Gasteiger partial charge on any atom is -0.425 e. The lowest BCUT2D eigenvalue weighted by molar-refractivity contribution is -0.134. The maximum atomic E-state index is 12.1. The van der Waals surface area contributed by atoms with Crippen LogP contribution in [0, 0.1) is 0 Å². The summed E-state index contributed by atoms with van der Waals surface area (Å²) >= 11 is 1.20. The van der Waals surface area contributed by atoms with Gasteiger partial charge in [0.05, 0.1) is 0 Å². The summed E-state index contributed by atoms with van der Waals surface area (Å²) in [5, 5.41) is 2.67. The first-order valence-electron chi connectivity index (χ1n) is 7.71. The quantitative estimate of drug-likeness (QED) is 0.658. The molecule has 2 aromatic carbocycles. The van der Waals surface area contributed by atoms with Gasteiger partial charge < -0.3 is 15.0 Å². The third-order valence-electron chi connectivity index (χ3n) is 3.54. The molecular formula is C18H16N2O4S. The van der Waals surface area contributed by atoms with Crippen LogP contribution in [0.4, 0.5) is 10.5 Å². The molecule has 0 saturated carbocycles. The van der Waals surface area contributed by atoms with E-state index in [1.54, 1.807) is 48.5 Å². The number of benzene rings is 2. The summed E-state index contributed by atoms with van der Waals surface area (Å²) in [7, 11) is 0. The van der Waals surface area contributed by atoms with Gasteiger partial charge in [-0.2, -0.15) is 0 Å². The number of hydrogen-bond acceptors (Lipinski definition) is 5. The lowest BCUT2D eigenvalue weighted by atomic mass is 10.2. The number of nitrogens with one attached hydrogen (secondary N) is 1. The van der Waals surface area contributed by atoms with E-state index in [2.05, 4.69) is 5.32 Å². The van der Waals surface area contributed by atoms with Crippen LogP contribution in [0.15, 0.2) is 54.6 Å². The molecule has 1 saturated heterocycles. The van der Waals surface area contributed by atoms with Gasteiger partial charge in [0.15, 0.2) is 0 Å². The van der Waals surface area contributed by atoms with E-state index >= 15 is 0 Å². The molecule has 1 aliphatic heterocycles. The average molecular weight is 356 g/mol. The van der Waals surface area contributed by atoms with Crippen molar-refractivity contribution in [3.8, 4) is 5.75 Å². The standard InChI is InChI=1S/C18H16N2O4S/c21-16(12-20-10-11-25-18(20)23)24-15-8-6-14(7-9-15)19-17(22)13-4-2-1-3-5-13/h1-9H,10-12H2,(H,19,22). The molecule has 0 atom stereocenters. The maximum Gasteiger partial charge on any atom is 0.331 e. The van der Waals surface area contributed by atoms with Gasteiger partial charge in [-0.3, -0.25) is 9.59 Å². The van der Waals surface area contributed by atoms with Gasteiger partial charge in [-0.15, -0.1) is 0 Å². The molecule has 1 N–H and O–H groups in total. The van der Waals surface area contributed by atoms with Crippen LogP contribution in [-0.4, -0.2) is 40.9 Å². The number of carbonyl (C=O) groups excluding carboxylic acids is 3. The lowest BCUT2D eigenvalue weighted by Gasteiger charge is -2.13. The molecule has 1 heterocycles. The normalized spacial score (nSPS) is 13.6. The van der Waals surface area contributed by atoms with E-state index in [4.69, 9.17) is 4.74 Å². The van der Waals surface area contributed by atoms with Crippen LogP contribution >= 0.6 is 11.8 Å². The van der Waals surface area contributed by atoms with Gasteiger partial charge in [0.1, 0.15) is 12.3 Å². The molecule has 2 amide bonds. The van der Waals surface area contributed by atoms with Crippen molar-refractivity contribution in [1.29, 1.82) is 0 Å². The van der Waals surface area contributed by atoms with E-state index in [0.717, 1.165) is 0 Å². The molecule has 128 valence electrons. The maximum absolute atomic E-state index is 12.1. The summed E-state index contributed by atoms with van der Waals surface area (Å²) in [4.78, 5) is 36.9.